The predicted molar refractivity (Wildman–Crippen MR) is 68.2 cm³/mol. The van der Waals surface area contributed by atoms with E-state index in [9.17, 15) is 4.39 Å². The van der Waals surface area contributed by atoms with Crippen LogP contribution in [-0.4, -0.2) is 12.0 Å². The van der Waals surface area contributed by atoms with E-state index in [0.717, 1.165) is 5.56 Å². The van der Waals surface area contributed by atoms with Gasteiger partial charge in [-0.2, -0.15) is 0 Å². The van der Waals surface area contributed by atoms with Gasteiger partial charge in [0.1, 0.15) is 11.6 Å². The molecular weight excluding hydrogens is 231 g/mol. The molecule has 94 valence electrons. The summed E-state index contributed by atoms with van der Waals surface area (Å²) in [7, 11) is 1.89. The SMILES string of the molecule is CNC(C)c1ccc(Oc2cccc(F)c2)nc1. The number of aromatic nitrogens is 1. The van der Waals surface area contributed by atoms with Crippen molar-refractivity contribution in [3.05, 3.63) is 54.0 Å². The van der Waals surface area contributed by atoms with Crippen LogP contribution < -0.4 is 10.1 Å². The lowest BCUT2D eigenvalue weighted by Gasteiger charge is -2.10. The number of pyridine rings is 1. The third kappa shape index (κ3) is 3.05. The lowest BCUT2D eigenvalue weighted by Crippen LogP contribution is -2.12. The van der Waals surface area contributed by atoms with E-state index in [-0.39, 0.29) is 11.9 Å². The quantitative estimate of drug-likeness (QED) is 0.898. The zero-order valence-electron chi connectivity index (χ0n) is 10.4. The third-order valence-corrected chi connectivity index (χ3v) is 2.71. The second-order valence-electron chi connectivity index (χ2n) is 4.00. The van der Waals surface area contributed by atoms with Crippen molar-refractivity contribution in [2.24, 2.45) is 0 Å². The van der Waals surface area contributed by atoms with Gasteiger partial charge >= 0.3 is 0 Å². The molecule has 2 aromatic rings. The Hall–Kier alpha value is -1.94. The van der Waals surface area contributed by atoms with Gasteiger partial charge in [0, 0.05) is 24.4 Å². The van der Waals surface area contributed by atoms with Gasteiger partial charge in [0.2, 0.25) is 5.88 Å². The van der Waals surface area contributed by atoms with E-state index in [0.29, 0.717) is 11.6 Å². The van der Waals surface area contributed by atoms with Crippen LogP contribution in [0.25, 0.3) is 0 Å². The van der Waals surface area contributed by atoms with Gasteiger partial charge in [0.15, 0.2) is 0 Å². The molecule has 0 fully saturated rings. The van der Waals surface area contributed by atoms with Gasteiger partial charge in [-0.05, 0) is 31.7 Å². The van der Waals surface area contributed by atoms with Crippen LogP contribution >= 0.6 is 0 Å². The van der Waals surface area contributed by atoms with E-state index in [2.05, 4.69) is 10.3 Å². The fourth-order valence-electron chi connectivity index (χ4n) is 1.53. The van der Waals surface area contributed by atoms with Crippen molar-refractivity contribution in [1.29, 1.82) is 0 Å². The van der Waals surface area contributed by atoms with Crippen molar-refractivity contribution in [3.8, 4) is 11.6 Å². The fraction of sp³-hybridized carbons (Fsp3) is 0.214. The maximum absolute atomic E-state index is 13.0. The first-order valence-electron chi connectivity index (χ1n) is 5.75. The highest BCUT2D eigenvalue weighted by molar-refractivity contribution is 5.28. The number of ether oxygens (including phenoxy) is 1. The summed E-state index contributed by atoms with van der Waals surface area (Å²) in [5.74, 6) is 0.567. The molecule has 0 aliphatic carbocycles. The summed E-state index contributed by atoms with van der Waals surface area (Å²) in [6, 6.07) is 9.93. The molecule has 0 radical (unpaired) electrons. The summed E-state index contributed by atoms with van der Waals surface area (Å²) in [6.07, 6.45) is 1.75. The Labute approximate surface area is 106 Å². The smallest absolute Gasteiger partial charge is 0.219 e. The zero-order valence-corrected chi connectivity index (χ0v) is 10.4. The first-order chi connectivity index (χ1) is 8.69. The Morgan fingerprint density at radius 3 is 2.72 bits per heavy atom. The number of nitrogens with zero attached hydrogens (tertiary/aromatic N) is 1. The van der Waals surface area contributed by atoms with Crippen LogP contribution in [0.3, 0.4) is 0 Å². The molecule has 1 heterocycles. The molecule has 0 saturated carbocycles. The van der Waals surface area contributed by atoms with E-state index in [4.69, 9.17) is 4.74 Å². The van der Waals surface area contributed by atoms with E-state index >= 15 is 0 Å². The summed E-state index contributed by atoms with van der Waals surface area (Å²) in [6.45, 7) is 2.05. The molecule has 2 rings (SSSR count). The number of nitrogens with one attached hydrogen (secondary N) is 1. The van der Waals surface area contributed by atoms with Gasteiger partial charge in [-0.1, -0.05) is 12.1 Å². The minimum atomic E-state index is -0.326. The predicted octanol–water partition coefficient (Wildman–Crippen LogP) is 3.29. The fourth-order valence-corrected chi connectivity index (χ4v) is 1.53. The van der Waals surface area contributed by atoms with Crippen LogP contribution in [0, 0.1) is 5.82 Å². The summed E-state index contributed by atoms with van der Waals surface area (Å²) in [4.78, 5) is 4.19. The maximum atomic E-state index is 13.0. The minimum absolute atomic E-state index is 0.237. The molecule has 0 aliphatic heterocycles. The van der Waals surface area contributed by atoms with Crippen molar-refractivity contribution in [2.45, 2.75) is 13.0 Å². The standard InChI is InChI=1S/C14H15FN2O/c1-10(16-2)11-6-7-14(17-9-11)18-13-5-3-4-12(15)8-13/h3-10,16H,1-2H3. The summed E-state index contributed by atoms with van der Waals surface area (Å²) < 4.78 is 18.4. The van der Waals surface area contributed by atoms with Gasteiger partial charge in [-0.15, -0.1) is 0 Å². The van der Waals surface area contributed by atoms with Crippen LogP contribution in [0.15, 0.2) is 42.6 Å². The minimum Gasteiger partial charge on any atom is -0.439 e. The van der Waals surface area contributed by atoms with Crippen molar-refractivity contribution in [1.82, 2.24) is 10.3 Å². The molecule has 4 heteroatoms. The van der Waals surface area contributed by atoms with Crippen LogP contribution in [0.1, 0.15) is 18.5 Å². The first kappa shape index (κ1) is 12.5. The number of hydrogen-bond donors (Lipinski definition) is 1. The number of rotatable bonds is 4. The van der Waals surface area contributed by atoms with E-state index in [1.807, 2.05) is 20.0 Å². The average Bonchev–Trinajstić information content (AvgIpc) is 2.39. The molecule has 0 aliphatic rings. The highest BCUT2D eigenvalue weighted by Crippen LogP contribution is 2.21. The maximum Gasteiger partial charge on any atom is 0.219 e. The summed E-state index contributed by atoms with van der Waals surface area (Å²) >= 11 is 0. The van der Waals surface area contributed by atoms with E-state index in [1.165, 1.54) is 12.1 Å². The van der Waals surface area contributed by atoms with Gasteiger partial charge in [-0.3, -0.25) is 0 Å². The van der Waals surface area contributed by atoms with E-state index < -0.39 is 0 Å². The van der Waals surface area contributed by atoms with Crippen molar-refractivity contribution < 1.29 is 9.13 Å². The monoisotopic (exact) mass is 246 g/mol. The molecule has 18 heavy (non-hydrogen) atoms. The van der Waals surface area contributed by atoms with E-state index in [1.54, 1.807) is 24.4 Å². The molecule has 1 N–H and O–H groups in total. The Morgan fingerprint density at radius 2 is 2.11 bits per heavy atom. The normalized spacial score (nSPS) is 12.2. The Bertz CT molecular complexity index is 513. The van der Waals surface area contributed by atoms with Crippen molar-refractivity contribution >= 4 is 0 Å². The Morgan fingerprint density at radius 1 is 1.28 bits per heavy atom. The van der Waals surface area contributed by atoms with Crippen LogP contribution in [0.4, 0.5) is 4.39 Å². The molecule has 1 aromatic carbocycles. The van der Waals surface area contributed by atoms with Crippen LogP contribution in [0.5, 0.6) is 11.6 Å². The molecule has 0 amide bonds. The van der Waals surface area contributed by atoms with Gasteiger partial charge in [0.25, 0.3) is 0 Å². The molecule has 1 unspecified atom stereocenters. The Balaban J connectivity index is 2.11. The Kier molecular flexibility index (Phi) is 3.89. The summed E-state index contributed by atoms with van der Waals surface area (Å²) in [5, 5.41) is 3.13. The summed E-state index contributed by atoms with van der Waals surface area (Å²) in [5.41, 5.74) is 1.07. The lowest BCUT2D eigenvalue weighted by molar-refractivity contribution is 0.457. The lowest BCUT2D eigenvalue weighted by atomic mass is 10.1. The van der Waals surface area contributed by atoms with Gasteiger partial charge < -0.3 is 10.1 Å². The van der Waals surface area contributed by atoms with Crippen LogP contribution in [-0.2, 0) is 0 Å². The molecule has 3 nitrogen and oxygen atoms in total. The molecule has 0 spiro atoms. The molecule has 1 atom stereocenters. The topological polar surface area (TPSA) is 34.1 Å². The molecular formula is C14H15FN2O. The number of halogens is 1. The zero-order chi connectivity index (χ0) is 13.0. The number of hydrogen-bond acceptors (Lipinski definition) is 3. The third-order valence-electron chi connectivity index (χ3n) is 2.71. The number of benzene rings is 1. The van der Waals surface area contributed by atoms with Crippen molar-refractivity contribution in [3.63, 3.8) is 0 Å². The highest BCUT2D eigenvalue weighted by atomic mass is 19.1. The van der Waals surface area contributed by atoms with Gasteiger partial charge in [0.05, 0.1) is 0 Å². The largest absolute Gasteiger partial charge is 0.439 e. The molecule has 0 bridgehead atoms. The second-order valence-corrected chi connectivity index (χ2v) is 4.00. The molecule has 0 saturated heterocycles. The van der Waals surface area contributed by atoms with Gasteiger partial charge in [-0.25, -0.2) is 9.37 Å². The first-order valence-corrected chi connectivity index (χ1v) is 5.75. The van der Waals surface area contributed by atoms with Crippen LogP contribution in [0.2, 0.25) is 0 Å². The average molecular weight is 246 g/mol. The highest BCUT2D eigenvalue weighted by Gasteiger charge is 2.04. The van der Waals surface area contributed by atoms with Crippen molar-refractivity contribution in [2.75, 3.05) is 7.05 Å². The second kappa shape index (κ2) is 5.60. The molecule has 1 aromatic heterocycles.